The van der Waals surface area contributed by atoms with E-state index >= 15 is 0 Å². The Morgan fingerprint density at radius 3 is 2.59 bits per heavy atom. The van der Waals surface area contributed by atoms with Gasteiger partial charge in [-0.1, -0.05) is 36.7 Å². The molecule has 2 aromatic rings. The highest BCUT2D eigenvalue weighted by Crippen LogP contribution is 2.33. The van der Waals surface area contributed by atoms with E-state index in [1.165, 1.54) is 10.4 Å². The summed E-state index contributed by atoms with van der Waals surface area (Å²) in [5, 5.41) is 6.62. The van der Waals surface area contributed by atoms with Crippen molar-refractivity contribution >= 4 is 38.9 Å². The van der Waals surface area contributed by atoms with Crippen LogP contribution in [0.1, 0.15) is 41.4 Å². The van der Waals surface area contributed by atoms with Crippen molar-refractivity contribution in [1.82, 2.24) is 14.9 Å². The van der Waals surface area contributed by atoms with Gasteiger partial charge in [-0.3, -0.25) is 4.79 Å². The molecule has 9 heteroatoms. The highest BCUT2D eigenvalue weighted by Gasteiger charge is 2.31. The Morgan fingerprint density at radius 1 is 1.24 bits per heavy atom. The summed E-state index contributed by atoms with van der Waals surface area (Å²) in [5.41, 5.74) is 0.549. The van der Waals surface area contributed by atoms with Crippen molar-refractivity contribution in [2.24, 2.45) is 0 Å². The maximum absolute atomic E-state index is 13.0. The van der Waals surface area contributed by atoms with Crippen LogP contribution in [0.4, 0.5) is 0 Å². The van der Waals surface area contributed by atoms with Gasteiger partial charge in [0.15, 0.2) is 0 Å². The normalized spacial score (nSPS) is 16.1. The number of nitrogens with one attached hydrogen (secondary N) is 2. The van der Waals surface area contributed by atoms with E-state index in [1.807, 2.05) is 6.07 Å². The van der Waals surface area contributed by atoms with Crippen LogP contribution in [0.25, 0.3) is 0 Å². The van der Waals surface area contributed by atoms with E-state index in [1.54, 1.807) is 24.3 Å². The van der Waals surface area contributed by atoms with Gasteiger partial charge in [-0.05, 0) is 44.0 Å². The van der Waals surface area contributed by atoms with Gasteiger partial charge in [0.05, 0.1) is 11.6 Å². The number of amides is 1. The SMILES string of the molecule is CCCNC1CCN(S(=O)(=O)c2cc(Cl)c(CNC(=O)c3ccccc3)s2)CC1. The number of hydrogen-bond donors (Lipinski definition) is 2. The number of rotatable bonds is 8. The predicted molar refractivity (Wildman–Crippen MR) is 117 cm³/mol. The van der Waals surface area contributed by atoms with Gasteiger partial charge < -0.3 is 10.6 Å². The van der Waals surface area contributed by atoms with Gasteiger partial charge in [0.1, 0.15) is 4.21 Å². The van der Waals surface area contributed by atoms with Crippen molar-refractivity contribution in [2.75, 3.05) is 19.6 Å². The average Bonchev–Trinajstić information content (AvgIpc) is 3.13. The summed E-state index contributed by atoms with van der Waals surface area (Å²) in [6.45, 7) is 4.26. The molecule has 2 heterocycles. The summed E-state index contributed by atoms with van der Waals surface area (Å²) in [7, 11) is -3.57. The lowest BCUT2D eigenvalue weighted by Gasteiger charge is -2.31. The molecule has 1 aliphatic rings. The fraction of sp³-hybridized carbons (Fsp3) is 0.450. The average molecular weight is 456 g/mol. The summed E-state index contributed by atoms with van der Waals surface area (Å²) in [4.78, 5) is 12.8. The van der Waals surface area contributed by atoms with Crippen molar-refractivity contribution in [3.05, 3.63) is 51.9 Å². The zero-order valence-corrected chi connectivity index (χ0v) is 18.7. The number of piperidine rings is 1. The van der Waals surface area contributed by atoms with E-state index in [2.05, 4.69) is 17.6 Å². The molecule has 0 atom stereocenters. The molecule has 1 amide bonds. The molecule has 29 heavy (non-hydrogen) atoms. The van der Waals surface area contributed by atoms with E-state index in [0.717, 1.165) is 37.1 Å². The molecule has 1 saturated heterocycles. The lowest BCUT2D eigenvalue weighted by molar-refractivity contribution is 0.0951. The fourth-order valence-electron chi connectivity index (χ4n) is 3.26. The summed E-state index contributed by atoms with van der Waals surface area (Å²) in [5.74, 6) is -0.221. The van der Waals surface area contributed by atoms with E-state index in [0.29, 0.717) is 34.6 Å². The molecule has 0 aliphatic carbocycles. The number of thiophene rings is 1. The van der Waals surface area contributed by atoms with E-state index in [4.69, 9.17) is 11.6 Å². The molecule has 1 aromatic carbocycles. The Bertz CT molecular complexity index is 924. The second kappa shape index (κ2) is 10.0. The fourth-order valence-corrected chi connectivity index (χ4v) is 6.65. The zero-order chi connectivity index (χ0) is 20.9. The van der Waals surface area contributed by atoms with Crippen LogP contribution in [-0.2, 0) is 16.6 Å². The topological polar surface area (TPSA) is 78.5 Å². The second-order valence-corrected chi connectivity index (χ2v) is 10.7. The maximum Gasteiger partial charge on any atom is 0.252 e. The van der Waals surface area contributed by atoms with Crippen molar-refractivity contribution in [3.8, 4) is 0 Å². The number of sulfonamides is 1. The van der Waals surface area contributed by atoms with Gasteiger partial charge in [-0.15, -0.1) is 11.3 Å². The first kappa shape index (κ1) is 22.2. The molecule has 158 valence electrons. The van der Waals surface area contributed by atoms with Crippen LogP contribution in [0, 0.1) is 0 Å². The predicted octanol–water partition coefficient (Wildman–Crippen LogP) is 3.48. The minimum atomic E-state index is -3.57. The monoisotopic (exact) mass is 455 g/mol. The van der Waals surface area contributed by atoms with Crippen molar-refractivity contribution in [3.63, 3.8) is 0 Å². The van der Waals surface area contributed by atoms with Crippen molar-refractivity contribution in [1.29, 1.82) is 0 Å². The van der Waals surface area contributed by atoms with Crippen molar-refractivity contribution in [2.45, 2.75) is 43.0 Å². The number of nitrogens with zero attached hydrogens (tertiary/aromatic N) is 1. The molecule has 0 bridgehead atoms. The molecule has 6 nitrogen and oxygen atoms in total. The Hall–Kier alpha value is -1.45. The molecule has 1 aromatic heterocycles. The summed E-state index contributed by atoms with van der Waals surface area (Å²) >= 11 is 7.39. The Balaban J connectivity index is 1.62. The van der Waals surface area contributed by atoms with Crippen LogP contribution >= 0.6 is 22.9 Å². The lowest BCUT2D eigenvalue weighted by Crippen LogP contribution is -2.44. The Kier molecular flexibility index (Phi) is 7.70. The number of benzene rings is 1. The molecular weight excluding hydrogens is 430 g/mol. The van der Waals surface area contributed by atoms with Gasteiger partial charge in [-0.2, -0.15) is 4.31 Å². The molecule has 0 unspecified atom stereocenters. The third kappa shape index (κ3) is 5.58. The number of carbonyl (C=O) groups is 1. The van der Waals surface area contributed by atoms with Gasteiger partial charge in [-0.25, -0.2) is 8.42 Å². The quantitative estimate of drug-likeness (QED) is 0.638. The van der Waals surface area contributed by atoms with Crippen molar-refractivity contribution < 1.29 is 13.2 Å². The van der Waals surface area contributed by atoms with Gasteiger partial charge in [0, 0.05) is 29.6 Å². The summed E-state index contributed by atoms with van der Waals surface area (Å²) < 4.78 is 27.8. The first-order valence-corrected chi connectivity index (χ1v) is 12.4. The highest BCUT2D eigenvalue weighted by atomic mass is 35.5. The summed E-state index contributed by atoms with van der Waals surface area (Å²) in [6, 6.07) is 10.7. The largest absolute Gasteiger partial charge is 0.347 e. The van der Waals surface area contributed by atoms with E-state index < -0.39 is 10.0 Å². The van der Waals surface area contributed by atoms with Gasteiger partial charge in [0.25, 0.3) is 15.9 Å². The minimum Gasteiger partial charge on any atom is -0.347 e. The Labute approximate surface area is 181 Å². The third-order valence-electron chi connectivity index (χ3n) is 4.91. The first-order valence-electron chi connectivity index (χ1n) is 9.76. The number of halogens is 1. The smallest absolute Gasteiger partial charge is 0.252 e. The van der Waals surface area contributed by atoms with Gasteiger partial charge >= 0.3 is 0 Å². The highest BCUT2D eigenvalue weighted by molar-refractivity contribution is 7.91. The van der Waals surface area contributed by atoms with Crippen LogP contribution in [0.5, 0.6) is 0 Å². The molecule has 0 radical (unpaired) electrons. The number of hydrogen-bond acceptors (Lipinski definition) is 5. The van der Waals surface area contributed by atoms with Crippen LogP contribution < -0.4 is 10.6 Å². The molecule has 1 aliphatic heterocycles. The molecule has 3 rings (SSSR count). The van der Waals surface area contributed by atoms with Crippen LogP contribution in [0.2, 0.25) is 5.02 Å². The first-order chi connectivity index (χ1) is 13.9. The summed E-state index contributed by atoms with van der Waals surface area (Å²) in [6.07, 6.45) is 2.67. The van der Waals surface area contributed by atoms with Gasteiger partial charge in [0.2, 0.25) is 0 Å². The van der Waals surface area contributed by atoms with E-state index in [9.17, 15) is 13.2 Å². The Morgan fingerprint density at radius 2 is 1.93 bits per heavy atom. The maximum atomic E-state index is 13.0. The molecular formula is C20H26ClN3O3S2. The standard InChI is InChI=1S/C20H26ClN3O3S2/c1-2-10-22-16-8-11-24(12-9-16)29(26,27)19-13-17(21)18(28-19)14-23-20(25)15-6-4-3-5-7-15/h3-7,13,16,22H,2,8-12,14H2,1H3,(H,23,25). The van der Waals surface area contributed by atoms with E-state index in [-0.39, 0.29) is 16.7 Å². The number of carbonyl (C=O) groups excluding carboxylic acids is 1. The lowest BCUT2D eigenvalue weighted by atomic mass is 10.1. The molecule has 0 spiro atoms. The van der Waals surface area contributed by atoms with Crippen LogP contribution in [0.15, 0.2) is 40.6 Å². The van der Waals surface area contributed by atoms with Crippen LogP contribution in [-0.4, -0.2) is 44.3 Å². The molecule has 1 fully saturated rings. The second-order valence-electron chi connectivity index (χ2n) is 7.02. The third-order valence-corrected chi connectivity index (χ3v) is 8.84. The zero-order valence-electron chi connectivity index (χ0n) is 16.4. The molecule has 2 N–H and O–H groups in total. The van der Waals surface area contributed by atoms with Crippen LogP contribution in [0.3, 0.4) is 0 Å². The molecule has 0 saturated carbocycles. The minimum absolute atomic E-state index is 0.190.